The van der Waals surface area contributed by atoms with Crippen LogP contribution in [0.5, 0.6) is 0 Å². The number of piperidine rings is 1. The van der Waals surface area contributed by atoms with Crippen molar-refractivity contribution in [3.8, 4) is 0 Å². The van der Waals surface area contributed by atoms with Crippen LogP contribution in [0.4, 0.5) is 0 Å². The molecule has 0 aromatic heterocycles. The topological polar surface area (TPSA) is 12.0 Å². The van der Waals surface area contributed by atoms with Gasteiger partial charge in [-0.05, 0) is 36.6 Å². The normalized spacial score (nSPS) is 34.3. The third-order valence-corrected chi connectivity index (χ3v) is 4.08. The molecule has 3 heteroatoms. The van der Waals surface area contributed by atoms with E-state index in [0.717, 1.165) is 29.1 Å². The van der Waals surface area contributed by atoms with Gasteiger partial charge in [0.05, 0.1) is 0 Å². The van der Waals surface area contributed by atoms with Crippen molar-refractivity contribution in [1.82, 2.24) is 5.32 Å². The molecule has 1 aliphatic carbocycles. The molecule has 3 rings (SSSR count). The highest BCUT2D eigenvalue weighted by atomic mass is 35.5. The van der Waals surface area contributed by atoms with Crippen LogP contribution in [-0.4, -0.2) is 13.1 Å². The molecule has 74 valence electrons. The summed E-state index contributed by atoms with van der Waals surface area (Å²) < 4.78 is 0. The fourth-order valence-corrected chi connectivity index (χ4v) is 3.25. The molecule has 1 aliphatic heterocycles. The Labute approximate surface area is 93.4 Å². The zero-order chi connectivity index (χ0) is 9.76. The third kappa shape index (κ3) is 1.13. The summed E-state index contributed by atoms with van der Waals surface area (Å²) in [6.07, 6.45) is 1.28. The molecule has 1 nitrogen and oxygen atoms in total. The largest absolute Gasteiger partial charge is 0.316 e. The van der Waals surface area contributed by atoms with E-state index in [4.69, 9.17) is 23.2 Å². The number of nitrogens with one attached hydrogen (secondary N) is 1. The van der Waals surface area contributed by atoms with Gasteiger partial charge in [0.2, 0.25) is 0 Å². The van der Waals surface area contributed by atoms with Crippen LogP contribution in [0.1, 0.15) is 12.0 Å². The Morgan fingerprint density at radius 1 is 1.36 bits per heavy atom. The van der Waals surface area contributed by atoms with E-state index in [2.05, 4.69) is 11.4 Å². The Morgan fingerprint density at radius 3 is 2.79 bits per heavy atom. The summed E-state index contributed by atoms with van der Waals surface area (Å²) in [5, 5.41) is 4.95. The van der Waals surface area contributed by atoms with Gasteiger partial charge in [0.1, 0.15) is 0 Å². The molecular formula is C11H11Cl2N. The van der Waals surface area contributed by atoms with Crippen LogP contribution in [0.2, 0.25) is 10.0 Å². The lowest BCUT2D eigenvalue weighted by Crippen LogP contribution is -2.19. The van der Waals surface area contributed by atoms with Gasteiger partial charge in [0.15, 0.2) is 0 Å². The quantitative estimate of drug-likeness (QED) is 0.779. The number of halogens is 2. The van der Waals surface area contributed by atoms with Crippen LogP contribution < -0.4 is 5.32 Å². The predicted molar refractivity (Wildman–Crippen MR) is 59.1 cm³/mol. The lowest BCUT2D eigenvalue weighted by Gasteiger charge is -2.14. The highest BCUT2D eigenvalue weighted by Gasteiger charge is 2.58. The average molecular weight is 228 g/mol. The van der Waals surface area contributed by atoms with Gasteiger partial charge < -0.3 is 5.32 Å². The van der Waals surface area contributed by atoms with Crippen LogP contribution >= 0.6 is 23.2 Å². The molecule has 14 heavy (non-hydrogen) atoms. The zero-order valence-corrected chi connectivity index (χ0v) is 9.20. The van der Waals surface area contributed by atoms with E-state index in [1.165, 1.54) is 12.0 Å². The Bertz CT molecular complexity index is 391. The molecule has 1 saturated heterocycles. The fraction of sp³-hybridized carbons (Fsp3) is 0.455. The lowest BCUT2D eigenvalue weighted by molar-refractivity contribution is 0.676. The first-order valence-electron chi connectivity index (χ1n) is 4.89. The van der Waals surface area contributed by atoms with Crippen LogP contribution in [-0.2, 0) is 5.41 Å². The second-order valence-corrected chi connectivity index (χ2v) is 5.16. The molecule has 2 aliphatic rings. The molecule has 0 amide bonds. The van der Waals surface area contributed by atoms with Crippen molar-refractivity contribution >= 4 is 23.2 Å². The Morgan fingerprint density at radius 2 is 2.21 bits per heavy atom. The average Bonchev–Trinajstić information content (AvgIpc) is 2.69. The van der Waals surface area contributed by atoms with Crippen LogP contribution in [0.15, 0.2) is 18.2 Å². The molecule has 1 heterocycles. The minimum Gasteiger partial charge on any atom is -0.316 e. The molecule has 1 aromatic rings. The van der Waals surface area contributed by atoms with E-state index in [1.54, 1.807) is 0 Å². The summed E-state index contributed by atoms with van der Waals surface area (Å²) in [6, 6.07) is 5.86. The number of benzene rings is 1. The molecule has 2 atom stereocenters. The van der Waals surface area contributed by atoms with Crippen molar-refractivity contribution in [3.63, 3.8) is 0 Å². The number of hydrogen-bond donors (Lipinski definition) is 1. The predicted octanol–water partition coefficient (Wildman–Crippen LogP) is 2.85. The summed E-state index contributed by atoms with van der Waals surface area (Å²) in [4.78, 5) is 0. The molecule has 1 aromatic carbocycles. The van der Waals surface area contributed by atoms with Gasteiger partial charge in [-0.25, -0.2) is 0 Å². The van der Waals surface area contributed by atoms with Crippen molar-refractivity contribution < 1.29 is 0 Å². The molecule has 2 fully saturated rings. The first-order chi connectivity index (χ1) is 6.72. The molecule has 1 N–H and O–H groups in total. The maximum absolute atomic E-state index is 6.21. The van der Waals surface area contributed by atoms with E-state index < -0.39 is 0 Å². The highest BCUT2D eigenvalue weighted by molar-refractivity contribution is 6.35. The second-order valence-electron chi connectivity index (χ2n) is 4.31. The van der Waals surface area contributed by atoms with Gasteiger partial charge in [0.25, 0.3) is 0 Å². The maximum Gasteiger partial charge on any atom is 0.0459 e. The van der Waals surface area contributed by atoms with E-state index >= 15 is 0 Å². The SMILES string of the molecule is Clc1ccc(C23CNCC2C3)c(Cl)c1. The molecule has 0 spiro atoms. The van der Waals surface area contributed by atoms with Crippen LogP contribution in [0.25, 0.3) is 0 Å². The summed E-state index contributed by atoms with van der Waals surface area (Å²) in [5.41, 5.74) is 1.61. The van der Waals surface area contributed by atoms with Gasteiger partial charge in [-0.2, -0.15) is 0 Å². The van der Waals surface area contributed by atoms with E-state index in [0.29, 0.717) is 5.41 Å². The summed E-state index contributed by atoms with van der Waals surface area (Å²) in [5.74, 6) is 0.793. The van der Waals surface area contributed by atoms with Crippen molar-refractivity contribution in [1.29, 1.82) is 0 Å². The lowest BCUT2D eigenvalue weighted by atomic mass is 9.95. The van der Waals surface area contributed by atoms with E-state index in [-0.39, 0.29) is 0 Å². The Hall–Kier alpha value is -0.240. The first kappa shape index (κ1) is 9.02. The van der Waals surface area contributed by atoms with Crippen LogP contribution in [0.3, 0.4) is 0 Å². The minimum atomic E-state index is 0.335. The minimum absolute atomic E-state index is 0.335. The van der Waals surface area contributed by atoms with Crippen molar-refractivity contribution in [2.24, 2.45) is 5.92 Å². The van der Waals surface area contributed by atoms with E-state index in [9.17, 15) is 0 Å². The van der Waals surface area contributed by atoms with Crippen molar-refractivity contribution in [3.05, 3.63) is 33.8 Å². The molecule has 0 radical (unpaired) electrons. The first-order valence-corrected chi connectivity index (χ1v) is 5.64. The van der Waals surface area contributed by atoms with Gasteiger partial charge >= 0.3 is 0 Å². The maximum atomic E-state index is 6.21. The molecule has 0 bridgehead atoms. The molecule has 2 unspecified atom stereocenters. The van der Waals surface area contributed by atoms with Crippen molar-refractivity contribution in [2.75, 3.05) is 13.1 Å². The number of hydrogen-bond acceptors (Lipinski definition) is 1. The van der Waals surface area contributed by atoms with Gasteiger partial charge in [0, 0.05) is 22.0 Å². The van der Waals surface area contributed by atoms with Gasteiger partial charge in [-0.1, -0.05) is 29.3 Å². The zero-order valence-electron chi connectivity index (χ0n) is 7.69. The Balaban J connectivity index is 2.05. The Kier molecular flexibility index (Phi) is 1.85. The van der Waals surface area contributed by atoms with E-state index in [1.807, 2.05) is 12.1 Å². The standard InChI is InChI=1S/C11H11Cl2N/c12-8-1-2-9(10(13)3-8)11-4-7(11)5-14-6-11/h1-3,7,14H,4-6H2. The van der Waals surface area contributed by atoms with Crippen molar-refractivity contribution in [2.45, 2.75) is 11.8 Å². The van der Waals surface area contributed by atoms with Gasteiger partial charge in [-0.3, -0.25) is 0 Å². The smallest absolute Gasteiger partial charge is 0.0459 e. The number of fused-ring (bicyclic) bond motifs is 1. The highest BCUT2D eigenvalue weighted by Crippen LogP contribution is 2.58. The monoisotopic (exact) mass is 227 g/mol. The third-order valence-electron chi connectivity index (χ3n) is 3.53. The summed E-state index contributed by atoms with van der Waals surface area (Å²) in [6.45, 7) is 2.21. The second kappa shape index (κ2) is 2.88. The summed E-state index contributed by atoms with van der Waals surface area (Å²) in [7, 11) is 0. The number of rotatable bonds is 1. The molecule has 1 saturated carbocycles. The molecular weight excluding hydrogens is 217 g/mol. The van der Waals surface area contributed by atoms with Crippen LogP contribution in [0, 0.1) is 5.92 Å². The summed E-state index contributed by atoms with van der Waals surface area (Å²) >= 11 is 12.1. The van der Waals surface area contributed by atoms with Gasteiger partial charge in [-0.15, -0.1) is 0 Å². The fourth-order valence-electron chi connectivity index (χ4n) is 2.65.